The second-order valence-electron chi connectivity index (χ2n) is 5.94. The van der Waals surface area contributed by atoms with Gasteiger partial charge in [-0.3, -0.25) is 4.90 Å². The van der Waals surface area contributed by atoms with Gasteiger partial charge < -0.3 is 10.6 Å². The van der Waals surface area contributed by atoms with Gasteiger partial charge >= 0.3 is 0 Å². The summed E-state index contributed by atoms with van der Waals surface area (Å²) in [6, 6.07) is 0.431. The quantitative estimate of drug-likeness (QED) is 0.754. The lowest BCUT2D eigenvalue weighted by molar-refractivity contribution is 0.0527. The van der Waals surface area contributed by atoms with E-state index in [9.17, 15) is 8.42 Å². The minimum atomic E-state index is -2.90. The molecule has 2 aliphatic rings. The molecule has 2 fully saturated rings. The number of likely N-dealkylation sites (tertiary alicyclic amines) is 1. The SMILES string of the molecule is CN1CCCC(N(C)C2(CN)CCS(=O)(=O)C2)C1. The fourth-order valence-corrected chi connectivity index (χ4v) is 5.44. The van der Waals surface area contributed by atoms with Crippen LogP contribution in [0.15, 0.2) is 0 Å². The largest absolute Gasteiger partial charge is 0.329 e. The Morgan fingerprint density at radius 3 is 2.72 bits per heavy atom. The second-order valence-corrected chi connectivity index (χ2v) is 8.12. The van der Waals surface area contributed by atoms with Crippen LogP contribution in [0.3, 0.4) is 0 Å². The summed E-state index contributed by atoms with van der Waals surface area (Å²) in [5.74, 6) is 0.518. The van der Waals surface area contributed by atoms with Gasteiger partial charge in [0.25, 0.3) is 0 Å². The highest BCUT2D eigenvalue weighted by Crippen LogP contribution is 2.31. The molecular weight excluding hydrogens is 250 g/mol. The van der Waals surface area contributed by atoms with Crippen molar-refractivity contribution in [3.8, 4) is 0 Å². The fourth-order valence-electron chi connectivity index (χ4n) is 3.32. The molecule has 6 heteroatoms. The van der Waals surface area contributed by atoms with Gasteiger partial charge in [-0.15, -0.1) is 0 Å². The molecule has 0 saturated carbocycles. The summed E-state index contributed by atoms with van der Waals surface area (Å²) in [6.07, 6.45) is 3.00. The van der Waals surface area contributed by atoms with E-state index in [4.69, 9.17) is 5.73 Å². The molecule has 0 aromatic rings. The van der Waals surface area contributed by atoms with Crippen molar-refractivity contribution in [2.45, 2.75) is 30.8 Å². The highest BCUT2D eigenvalue weighted by Gasteiger charge is 2.46. The Bertz CT molecular complexity index is 398. The van der Waals surface area contributed by atoms with Gasteiger partial charge in [-0.1, -0.05) is 0 Å². The minimum absolute atomic E-state index is 0.229. The predicted molar refractivity (Wildman–Crippen MR) is 73.3 cm³/mol. The molecule has 106 valence electrons. The van der Waals surface area contributed by atoms with Crippen molar-refractivity contribution in [3.05, 3.63) is 0 Å². The molecule has 2 saturated heterocycles. The Labute approximate surface area is 110 Å². The van der Waals surface area contributed by atoms with Crippen LogP contribution in [0.2, 0.25) is 0 Å². The molecule has 0 bridgehead atoms. The Balaban J connectivity index is 2.13. The highest BCUT2D eigenvalue weighted by atomic mass is 32.2. The lowest BCUT2D eigenvalue weighted by Crippen LogP contribution is -2.59. The third kappa shape index (κ3) is 2.71. The zero-order chi connectivity index (χ0) is 13.4. The molecule has 2 unspecified atom stereocenters. The second kappa shape index (κ2) is 5.07. The molecular formula is C12H25N3O2S. The van der Waals surface area contributed by atoms with E-state index in [1.165, 1.54) is 6.42 Å². The molecule has 0 aliphatic carbocycles. The molecule has 0 aromatic heterocycles. The minimum Gasteiger partial charge on any atom is -0.329 e. The lowest BCUT2D eigenvalue weighted by atomic mass is 9.92. The maximum atomic E-state index is 11.8. The summed E-state index contributed by atoms with van der Waals surface area (Å²) in [7, 11) is 1.28. The van der Waals surface area contributed by atoms with Crippen LogP contribution in [0.25, 0.3) is 0 Å². The number of nitrogens with two attached hydrogens (primary N) is 1. The van der Waals surface area contributed by atoms with E-state index in [0.717, 1.165) is 19.5 Å². The van der Waals surface area contributed by atoms with Crippen LogP contribution in [0.4, 0.5) is 0 Å². The summed E-state index contributed by atoms with van der Waals surface area (Å²) in [5, 5.41) is 0. The van der Waals surface area contributed by atoms with Gasteiger partial charge in [0.05, 0.1) is 11.5 Å². The van der Waals surface area contributed by atoms with Gasteiger partial charge in [0.15, 0.2) is 9.84 Å². The van der Waals surface area contributed by atoms with E-state index in [0.29, 0.717) is 19.0 Å². The molecule has 18 heavy (non-hydrogen) atoms. The van der Waals surface area contributed by atoms with Gasteiger partial charge in [0.2, 0.25) is 0 Å². The third-order valence-electron chi connectivity index (χ3n) is 4.64. The zero-order valence-corrected chi connectivity index (χ0v) is 12.2. The fraction of sp³-hybridized carbons (Fsp3) is 1.00. The van der Waals surface area contributed by atoms with E-state index in [-0.39, 0.29) is 17.0 Å². The van der Waals surface area contributed by atoms with Crippen molar-refractivity contribution in [1.29, 1.82) is 0 Å². The molecule has 0 aromatic carbocycles. The van der Waals surface area contributed by atoms with E-state index in [2.05, 4.69) is 23.9 Å². The van der Waals surface area contributed by atoms with Gasteiger partial charge in [-0.05, 0) is 39.9 Å². The Hall–Kier alpha value is -0.170. The summed E-state index contributed by atoms with van der Waals surface area (Å²) in [4.78, 5) is 4.57. The van der Waals surface area contributed by atoms with Crippen LogP contribution >= 0.6 is 0 Å². The lowest BCUT2D eigenvalue weighted by Gasteiger charge is -2.45. The van der Waals surface area contributed by atoms with Crippen LogP contribution in [-0.4, -0.2) is 75.0 Å². The number of sulfone groups is 1. The monoisotopic (exact) mass is 275 g/mol. The van der Waals surface area contributed by atoms with Crippen LogP contribution in [0.5, 0.6) is 0 Å². The first-order valence-electron chi connectivity index (χ1n) is 6.70. The standard InChI is InChI=1S/C12H25N3O2S/c1-14-6-3-4-11(8-14)15(2)12(9-13)5-7-18(16,17)10-12/h11H,3-10,13H2,1-2H3. The predicted octanol–water partition coefficient (Wildman–Crippen LogP) is -0.472. The molecule has 0 radical (unpaired) electrons. The molecule has 2 rings (SSSR count). The number of hydrogen-bond acceptors (Lipinski definition) is 5. The Morgan fingerprint density at radius 1 is 1.50 bits per heavy atom. The van der Waals surface area contributed by atoms with Crippen LogP contribution in [-0.2, 0) is 9.84 Å². The maximum Gasteiger partial charge on any atom is 0.152 e. The Kier molecular flexibility index (Phi) is 4.02. The van der Waals surface area contributed by atoms with Crippen LogP contribution < -0.4 is 5.73 Å². The first-order chi connectivity index (χ1) is 8.38. The van der Waals surface area contributed by atoms with Gasteiger partial charge in [0, 0.05) is 24.7 Å². The van der Waals surface area contributed by atoms with E-state index < -0.39 is 9.84 Å². The summed E-state index contributed by atoms with van der Waals surface area (Å²) in [6.45, 7) is 2.58. The molecule has 2 aliphatic heterocycles. The normalized spacial score (nSPS) is 37.2. The smallest absolute Gasteiger partial charge is 0.152 e. The van der Waals surface area contributed by atoms with E-state index >= 15 is 0 Å². The van der Waals surface area contributed by atoms with Crippen LogP contribution in [0.1, 0.15) is 19.3 Å². The number of nitrogens with zero attached hydrogens (tertiary/aromatic N) is 2. The topological polar surface area (TPSA) is 66.6 Å². The van der Waals surface area contributed by atoms with Gasteiger partial charge in [-0.25, -0.2) is 8.42 Å². The van der Waals surface area contributed by atoms with E-state index in [1.54, 1.807) is 0 Å². The first kappa shape index (κ1) is 14.2. The third-order valence-corrected chi connectivity index (χ3v) is 6.45. The molecule has 2 heterocycles. The number of rotatable bonds is 3. The van der Waals surface area contributed by atoms with Gasteiger partial charge in [-0.2, -0.15) is 0 Å². The summed E-state index contributed by atoms with van der Waals surface area (Å²) in [5.41, 5.74) is 5.58. The molecule has 2 atom stereocenters. The van der Waals surface area contributed by atoms with Crippen molar-refractivity contribution in [2.75, 3.05) is 45.2 Å². The summed E-state index contributed by atoms with van der Waals surface area (Å²) < 4.78 is 23.5. The molecule has 0 spiro atoms. The molecule has 0 amide bonds. The van der Waals surface area contributed by atoms with Crippen molar-refractivity contribution in [1.82, 2.24) is 9.80 Å². The number of hydrogen-bond donors (Lipinski definition) is 1. The molecule has 5 nitrogen and oxygen atoms in total. The zero-order valence-electron chi connectivity index (χ0n) is 11.4. The van der Waals surface area contributed by atoms with Crippen molar-refractivity contribution < 1.29 is 8.42 Å². The Morgan fingerprint density at radius 2 is 2.22 bits per heavy atom. The van der Waals surface area contributed by atoms with Crippen LogP contribution in [0, 0.1) is 0 Å². The number of piperidine rings is 1. The van der Waals surface area contributed by atoms with Crippen molar-refractivity contribution >= 4 is 9.84 Å². The maximum absolute atomic E-state index is 11.8. The van der Waals surface area contributed by atoms with Crippen molar-refractivity contribution in [3.63, 3.8) is 0 Å². The number of likely N-dealkylation sites (N-methyl/N-ethyl adjacent to an activating group) is 2. The van der Waals surface area contributed by atoms with Crippen molar-refractivity contribution in [2.24, 2.45) is 5.73 Å². The molecule has 2 N–H and O–H groups in total. The highest BCUT2D eigenvalue weighted by molar-refractivity contribution is 7.91. The van der Waals surface area contributed by atoms with E-state index in [1.807, 2.05) is 0 Å². The first-order valence-corrected chi connectivity index (χ1v) is 8.53. The average molecular weight is 275 g/mol. The average Bonchev–Trinajstić information content (AvgIpc) is 2.65. The van der Waals surface area contributed by atoms with Gasteiger partial charge in [0.1, 0.15) is 0 Å². The summed E-state index contributed by atoms with van der Waals surface area (Å²) >= 11 is 0.